The van der Waals surface area contributed by atoms with Crippen molar-refractivity contribution in [3.8, 4) is 17.7 Å². The molecule has 11 heteroatoms. The average Bonchev–Trinajstić information content (AvgIpc) is 3.16. The van der Waals surface area contributed by atoms with E-state index in [4.69, 9.17) is 4.74 Å². The van der Waals surface area contributed by atoms with E-state index in [-0.39, 0.29) is 28.8 Å². The fourth-order valence-electron chi connectivity index (χ4n) is 3.21. The van der Waals surface area contributed by atoms with E-state index in [9.17, 15) is 23.6 Å². The van der Waals surface area contributed by atoms with Gasteiger partial charge in [0, 0.05) is 29.9 Å². The molecule has 0 saturated carbocycles. The lowest BCUT2D eigenvalue weighted by Gasteiger charge is -2.08. The van der Waals surface area contributed by atoms with Crippen molar-refractivity contribution in [3.05, 3.63) is 59.8 Å². The van der Waals surface area contributed by atoms with Crippen molar-refractivity contribution in [2.75, 3.05) is 7.05 Å². The zero-order valence-corrected chi connectivity index (χ0v) is 17.5. The molecule has 0 atom stereocenters. The first kappa shape index (κ1) is 21.1. The van der Waals surface area contributed by atoms with E-state index in [1.165, 1.54) is 37.4 Å². The number of amides is 1. The highest BCUT2D eigenvalue weighted by Gasteiger charge is 2.19. The standard InChI is InChI=1S/C21H17N5O5S/c1-23-21(28)31-20-19-17(8-13(10-22)25-20)16-9-15(5-6-18(16)26-19)32(29,30)24-11-12-3-2-4-14(27)7-12/h2-9,24,26-27H,11H2,1H3,(H,23,28). The number of ether oxygens (including phenoxy) is 1. The molecular weight excluding hydrogens is 434 g/mol. The molecule has 0 aliphatic carbocycles. The summed E-state index contributed by atoms with van der Waals surface area (Å²) in [6, 6.07) is 14.1. The molecule has 4 aromatic rings. The molecule has 10 nitrogen and oxygen atoms in total. The number of fused-ring (bicyclic) bond motifs is 3. The third kappa shape index (κ3) is 4.04. The Morgan fingerprint density at radius 2 is 2.03 bits per heavy atom. The van der Waals surface area contributed by atoms with Gasteiger partial charge in [0.05, 0.1) is 4.90 Å². The summed E-state index contributed by atoms with van der Waals surface area (Å²) in [6.45, 7) is -0.00469. The normalized spacial score (nSPS) is 11.4. The van der Waals surface area contributed by atoms with Crippen molar-refractivity contribution < 1.29 is 23.1 Å². The Hall–Kier alpha value is -4.14. The van der Waals surface area contributed by atoms with Crippen molar-refractivity contribution in [2.24, 2.45) is 0 Å². The van der Waals surface area contributed by atoms with Gasteiger partial charge in [0.1, 0.15) is 23.0 Å². The molecule has 4 rings (SSSR count). The fraction of sp³-hybridized carbons (Fsp3) is 0.0952. The number of aromatic hydroxyl groups is 1. The molecule has 2 aromatic carbocycles. The Labute approximate surface area is 182 Å². The minimum Gasteiger partial charge on any atom is -0.508 e. The lowest BCUT2D eigenvalue weighted by molar-refractivity contribution is 0.201. The molecular formula is C21H17N5O5S. The number of aromatic amines is 1. The van der Waals surface area contributed by atoms with Crippen molar-refractivity contribution in [1.82, 2.24) is 20.0 Å². The van der Waals surface area contributed by atoms with Gasteiger partial charge in [-0.3, -0.25) is 0 Å². The number of phenols is 1. The summed E-state index contributed by atoms with van der Waals surface area (Å²) in [4.78, 5) is 18.7. The number of nitrogens with zero attached hydrogens (tertiary/aromatic N) is 2. The van der Waals surface area contributed by atoms with Crippen LogP contribution in [0.5, 0.6) is 11.6 Å². The van der Waals surface area contributed by atoms with E-state index in [1.54, 1.807) is 18.2 Å². The molecule has 0 aliphatic rings. The van der Waals surface area contributed by atoms with E-state index < -0.39 is 16.1 Å². The number of hydrogen-bond acceptors (Lipinski definition) is 7. The first-order valence-corrected chi connectivity index (χ1v) is 10.8. The largest absolute Gasteiger partial charge is 0.508 e. The molecule has 0 aliphatic heterocycles. The number of hydrogen-bond donors (Lipinski definition) is 4. The first-order chi connectivity index (χ1) is 15.3. The summed E-state index contributed by atoms with van der Waals surface area (Å²) in [7, 11) is -2.49. The number of pyridine rings is 1. The summed E-state index contributed by atoms with van der Waals surface area (Å²) in [5, 5.41) is 22.2. The monoisotopic (exact) mass is 451 g/mol. The Morgan fingerprint density at radius 3 is 2.75 bits per heavy atom. The highest BCUT2D eigenvalue weighted by Crippen LogP contribution is 2.32. The number of aromatic nitrogens is 2. The first-order valence-electron chi connectivity index (χ1n) is 9.34. The molecule has 0 bridgehead atoms. The fourth-order valence-corrected chi connectivity index (χ4v) is 4.25. The second-order valence-corrected chi connectivity index (χ2v) is 8.58. The van der Waals surface area contributed by atoms with E-state index in [0.717, 1.165) is 0 Å². The smallest absolute Gasteiger partial charge is 0.413 e. The topological polar surface area (TPSA) is 157 Å². The van der Waals surface area contributed by atoms with Crippen LogP contribution in [0.1, 0.15) is 11.3 Å². The Morgan fingerprint density at radius 1 is 1.22 bits per heavy atom. The van der Waals surface area contributed by atoms with Crippen LogP contribution in [0.4, 0.5) is 4.79 Å². The van der Waals surface area contributed by atoms with Gasteiger partial charge in [-0.1, -0.05) is 12.1 Å². The van der Waals surface area contributed by atoms with E-state index in [1.807, 2.05) is 6.07 Å². The highest BCUT2D eigenvalue weighted by atomic mass is 32.2. The van der Waals surface area contributed by atoms with Gasteiger partial charge >= 0.3 is 6.09 Å². The predicted molar refractivity (Wildman–Crippen MR) is 116 cm³/mol. The van der Waals surface area contributed by atoms with Crippen LogP contribution in [0.25, 0.3) is 21.8 Å². The van der Waals surface area contributed by atoms with Crippen LogP contribution in [0.15, 0.2) is 53.4 Å². The number of phenolic OH excluding ortho intramolecular Hbond substituents is 1. The van der Waals surface area contributed by atoms with Crippen LogP contribution in [-0.4, -0.2) is 36.6 Å². The van der Waals surface area contributed by atoms with Gasteiger partial charge in [0.2, 0.25) is 15.9 Å². The molecule has 2 heterocycles. The number of sulfonamides is 1. The maximum atomic E-state index is 12.8. The SMILES string of the molecule is CNC(=O)Oc1nc(C#N)cc2c1[nH]c1ccc(S(=O)(=O)NCc3cccc(O)c3)cc12. The highest BCUT2D eigenvalue weighted by molar-refractivity contribution is 7.89. The third-order valence-electron chi connectivity index (χ3n) is 4.72. The van der Waals surface area contributed by atoms with Crippen molar-refractivity contribution >= 4 is 37.9 Å². The summed E-state index contributed by atoms with van der Waals surface area (Å²) >= 11 is 0. The van der Waals surface area contributed by atoms with Crippen LogP contribution in [0.2, 0.25) is 0 Å². The van der Waals surface area contributed by atoms with E-state index in [2.05, 4.69) is 20.0 Å². The molecule has 2 aromatic heterocycles. The van der Waals surface area contributed by atoms with Gasteiger partial charge in [0.15, 0.2) is 0 Å². The van der Waals surface area contributed by atoms with Crippen LogP contribution < -0.4 is 14.8 Å². The minimum absolute atomic E-state index is 0.00469. The van der Waals surface area contributed by atoms with Crippen molar-refractivity contribution in [3.63, 3.8) is 0 Å². The van der Waals surface area contributed by atoms with Crippen LogP contribution in [-0.2, 0) is 16.6 Å². The van der Waals surface area contributed by atoms with Crippen LogP contribution in [0.3, 0.4) is 0 Å². The lowest BCUT2D eigenvalue weighted by Crippen LogP contribution is -2.23. The molecule has 0 spiro atoms. The van der Waals surface area contributed by atoms with Gasteiger partial charge in [0.25, 0.3) is 0 Å². The Bertz CT molecular complexity index is 1500. The molecule has 4 N–H and O–H groups in total. The summed E-state index contributed by atoms with van der Waals surface area (Å²) in [5.41, 5.74) is 1.53. The Kier molecular flexibility index (Phi) is 5.40. The average molecular weight is 451 g/mol. The number of nitriles is 1. The van der Waals surface area contributed by atoms with Gasteiger partial charge in [-0.15, -0.1) is 0 Å². The molecule has 0 saturated heterocycles. The van der Waals surface area contributed by atoms with Crippen molar-refractivity contribution in [1.29, 1.82) is 5.26 Å². The summed E-state index contributed by atoms with van der Waals surface area (Å²) < 4.78 is 33.3. The second kappa shape index (κ2) is 8.18. The predicted octanol–water partition coefficient (Wildman–Crippen LogP) is 2.49. The molecule has 1 amide bonds. The van der Waals surface area contributed by atoms with Crippen LogP contribution in [0, 0.1) is 11.3 Å². The summed E-state index contributed by atoms with van der Waals surface area (Å²) in [5.74, 6) is -0.0559. The molecule has 32 heavy (non-hydrogen) atoms. The zero-order chi connectivity index (χ0) is 22.9. The second-order valence-electron chi connectivity index (χ2n) is 6.81. The zero-order valence-electron chi connectivity index (χ0n) is 16.7. The molecule has 162 valence electrons. The molecule has 0 unspecified atom stereocenters. The van der Waals surface area contributed by atoms with E-state index >= 15 is 0 Å². The third-order valence-corrected chi connectivity index (χ3v) is 6.12. The summed E-state index contributed by atoms with van der Waals surface area (Å²) in [6.07, 6.45) is -0.757. The number of H-pyrrole nitrogens is 1. The number of nitrogens with one attached hydrogen (secondary N) is 3. The number of benzene rings is 2. The maximum Gasteiger partial charge on any atom is 0.413 e. The molecule has 0 fully saturated rings. The number of carbonyl (C=O) groups is 1. The van der Waals surface area contributed by atoms with Gasteiger partial charge in [-0.2, -0.15) is 5.26 Å². The number of carbonyl (C=O) groups excluding carboxylic acids is 1. The van der Waals surface area contributed by atoms with Crippen molar-refractivity contribution in [2.45, 2.75) is 11.4 Å². The van der Waals surface area contributed by atoms with Gasteiger partial charge < -0.3 is 20.1 Å². The Balaban J connectivity index is 1.76. The minimum atomic E-state index is -3.88. The lowest BCUT2D eigenvalue weighted by atomic mass is 10.1. The van der Waals surface area contributed by atoms with E-state index in [0.29, 0.717) is 27.4 Å². The van der Waals surface area contributed by atoms with Gasteiger partial charge in [-0.25, -0.2) is 22.9 Å². The number of rotatable bonds is 5. The maximum absolute atomic E-state index is 12.8. The molecule has 0 radical (unpaired) electrons. The van der Waals surface area contributed by atoms with Crippen LogP contribution >= 0.6 is 0 Å². The quantitative estimate of drug-likeness (QED) is 0.363. The van der Waals surface area contributed by atoms with Gasteiger partial charge in [-0.05, 0) is 42.0 Å².